The van der Waals surface area contributed by atoms with Crippen molar-refractivity contribution in [3.05, 3.63) is 0 Å². The van der Waals surface area contributed by atoms with Gasteiger partial charge >= 0.3 is 0 Å². The minimum atomic E-state index is -0.118. The van der Waals surface area contributed by atoms with Gasteiger partial charge in [-0.05, 0) is 0 Å². The second kappa shape index (κ2) is 7.87. The summed E-state index contributed by atoms with van der Waals surface area (Å²) in [7, 11) is 0. The molecule has 0 aromatic rings. The summed E-state index contributed by atoms with van der Waals surface area (Å²) in [6.45, 7) is 4.17. The van der Waals surface area contributed by atoms with Gasteiger partial charge in [-0.25, -0.2) is 0 Å². The number of rotatable bonds is 1. The van der Waals surface area contributed by atoms with Gasteiger partial charge in [0.05, 0.1) is 19.8 Å². The highest BCUT2D eigenvalue weighted by atomic mass is 35.5. The van der Waals surface area contributed by atoms with Crippen LogP contribution in [0, 0.1) is 0 Å². The van der Waals surface area contributed by atoms with Crippen LogP contribution < -0.4 is 5.32 Å². The zero-order valence-electron chi connectivity index (χ0n) is 8.71. The Kier molecular flexibility index (Phi) is 6.67. The fourth-order valence-electron chi connectivity index (χ4n) is 1.21. The molecule has 1 aliphatic heterocycles. The minimum absolute atomic E-state index is 0.0123. The zero-order chi connectivity index (χ0) is 10.9. The van der Waals surface area contributed by atoms with E-state index in [1.54, 1.807) is 4.90 Å². The van der Waals surface area contributed by atoms with E-state index in [1.807, 2.05) is 0 Å². The molecular formula is C9H17ClN2O3. The summed E-state index contributed by atoms with van der Waals surface area (Å²) in [5.41, 5.74) is 0. The van der Waals surface area contributed by atoms with Crippen molar-refractivity contribution in [3.63, 3.8) is 0 Å². The van der Waals surface area contributed by atoms with E-state index in [0.717, 1.165) is 13.1 Å². The predicted molar refractivity (Wildman–Crippen MR) is 56.9 cm³/mol. The molecule has 0 bridgehead atoms. The SMILES string of the molecule is O=C(CCl)N1CCOCCNCCOC1. The van der Waals surface area contributed by atoms with Gasteiger partial charge in [-0.3, -0.25) is 4.79 Å². The Labute approximate surface area is 94.7 Å². The summed E-state index contributed by atoms with van der Waals surface area (Å²) in [5.74, 6) is -0.130. The molecule has 15 heavy (non-hydrogen) atoms. The Morgan fingerprint density at radius 2 is 2.00 bits per heavy atom. The highest BCUT2D eigenvalue weighted by Crippen LogP contribution is 1.94. The number of carbonyl (C=O) groups excluding carboxylic acids is 1. The first-order chi connectivity index (χ1) is 7.34. The molecular weight excluding hydrogens is 220 g/mol. The molecule has 6 heteroatoms. The van der Waals surface area contributed by atoms with E-state index in [9.17, 15) is 4.79 Å². The molecule has 0 radical (unpaired) electrons. The molecule has 88 valence electrons. The number of alkyl halides is 1. The second-order valence-corrected chi connectivity index (χ2v) is 3.46. The van der Waals surface area contributed by atoms with Gasteiger partial charge in [0.2, 0.25) is 5.91 Å². The fraction of sp³-hybridized carbons (Fsp3) is 0.889. The number of hydrogen-bond donors (Lipinski definition) is 1. The lowest BCUT2D eigenvalue weighted by Crippen LogP contribution is -2.37. The van der Waals surface area contributed by atoms with Gasteiger partial charge in [-0.15, -0.1) is 11.6 Å². The lowest BCUT2D eigenvalue weighted by molar-refractivity contribution is -0.134. The summed E-state index contributed by atoms with van der Waals surface area (Å²) >= 11 is 5.48. The summed E-state index contributed by atoms with van der Waals surface area (Å²) in [5, 5.41) is 3.16. The van der Waals surface area contributed by atoms with Crippen LogP contribution in [0.1, 0.15) is 0 Å². The maximum Gasteiger partial charge on any atom is 0.239 e. The van der Waals surface area contributed by atoms with Gasteiger partial charge in [0, 0.05) is 19.6 Å². The van der Waals surface area contributed by atoms with Crippen LogP contribution in [0.5, 0.6) is 0 Å². The first-order valence-electron chi connectivity index (χ1n) is 5.04. The Hall–Kier alpha value is -0.360. The Morgan fingerprint density at radius 1 is 1.27 bits per heavy atom. The highest BCUT2D eigenvalue weighted by Gasteiger charge is 2.12. The van der Waals surface area contributed by atoms with E-state index in [2.05, 4.69) is 5.32 Å². The van der Waals surface area contributed by atoms with Crippen LogP contribution in [0.2, 0.25) is 0 Å². The molecule has 0 spiro atoms. The minimum Gasteiger partial charge on any atom is -0.378 e. The van der Waals surface area contributed by atoms with E-state index in [1.165, 1.54) is 0 Å². The van der Waals surface area contributed by atoms with E-state index >= 15 is 0 Å². The molecule has 1 aliphatic rings. The highest BCUT2D eigenvalue weighted by molar-refractivity contribution is 6.27. The number of ether oxygens (including phenoxy) is 2. The second-order valence-electron chi connectivity index (χ2n) is 3.19. The molecule has 0 unspecified atom stereocenters. The maximum absolute atomic E-state index is 11.4. The lowest BCUT2D eigenvalue weighted by Gasteiger charge is -2.20. The van der Waals surface area contributed by atoms with E-state index in [0.29, 0.717) is 26.4 Å². The predicted octanol–water partition coefficient (Wildman–Crippen LogP) is -0.352. The largest absolute Gasteiger partial charge is 0.378 e. The smallest absolute Gasteiger partial charge is 0.239 e. The molecule has 0 aromatic carbocycles. The molecule has 0 aliphatic carbocycles. The summed E-state index contributed by atoms with van der Waals surface area (Å²) < 4.78 is 10.7. The molecule has 0 aromatic heterocycles. The summed E-state index contributed by atoms with van der Waals surface area (Å²) in [6.07, 6.45) is 0. The Morgan fingerprint density at radius 3 is 2.73 bits per heavy atom. The summed E-state index contributed by atoms with van der Waals surface area (Å²) in [4.78, 5) is 12.9. The van der Waals surface area contributed by atoms with Crippen molar-refractivity contribution in [2.75, 3.05) is 52.1 Å². The van der Waals surface area contributed by atoms with Gasteiger partial charge in [-0.2, -0.15) is 0 Å². The normalized spacial score (nSPS) is 20.7. The number of nitrogens with zero attached hydrogens (tertiary/aromatic N) is 1. The van der Waals surface area contributed by atoms with Crippen LogP contribution in [0.3, 0.4) is 0 Å². The van der Waals surface area contributed by atoms with Gasteiger partial charge in [0.1, 0.15) is 12.6 Å². The van der Waals surface area contributed by atoms with Crippen molar-refractivity contribution < 1.29 is 14.3 Å². The maximum atomic E-state index is 11.4. The number of hydrogen-bond acceptors (Lipinski definition) is 4. The van der Waals surface area contributed by atoms with Crippen LogP contribution in [0.4, 0.5) is 0 Å². The average molecular weight is 237 g/mol. The van der Waals surface area contributed by atoms with Crippen molar-refractivity contribution in [2.45, 2.75) is 0 Å². The third kappa shape index (κ3) is 5.32. The van der Waals surface area contributed by atoms with E-state index in [4.69, 9.17) is 21.1 Å². The van der Waals surface area contributed by atoms with Gasteiger partial charge < -0.3 is 19.7 Å². The molecule has 0 saturated carbocycles. The molecule has 0 atom stereocenters. The third-order valence-corrected chi connectivity index (χ3v) is 2.29. The Balaban J connectivity index is 2.35. The van der Waals surface area contributed by atoms with Crippen LogP contribution in [-0.2, 0) is 14.3 Å². The molecule has 1 fully saturated rings. The number of carbonyl (C=O) groups is 1. The molecule has 5 nitrogen and oxygen atoms in total. The number of nitrogens with one attached hydrogen (secondary N) is 1. The van der Waals surface area contributed by atoms with Crippen molar-refractivity contribution in [1.29, 1.82) is 0 Å². The van der Waals surface area contributed by atoms with Crippen LogP contribution >= 0.6 is 11.6 Å². The lowest BCUT2D eigenvalue weighted by atomic mass is 10.5. The summed E-state index contributed by atoms with van der Waals surface area (Å²) in [6, 6.07) is 0. The van der Waals surface area contributed by atoms with Crippen molar-refractivity contribution in [2.24, 2.45) is 0 Å². The average Bonchev–Trinajstić information content (AvgIpc) is 2.32. The Bertz CT molecular complexity index is 180. The monoisotopic (exact) mass is 236 g/mol. The molecule has 1 rings (SSSR count). The van der Waals surface area contributed by atoms with Crippen molar-refractivity contribution in [1.82, 2.24) is 10.2 Å². The van der Waals surface area contributed by atoms with Crippen molar-refractivity contribution in [3.8, 4) is 0 Å². The number of amides is 1. The van der Waals surface area contributed by atoms with Gasteiger partial charge in [0.15, 0.2) is 0 Å². The van der Waals surface area contributed by atoms with Crippen molar-refractivity contribution >= 4 is 17.5 Å². The van der Waals surface area contributed by atoms with Crippen LogP contribution in [-0.4, -0.2) is 62.9 Å². The fourth-order valence-corrected chi connectivity index (χ4v) is 1.38. The molecule has 1 saturated heterocycles. The van der Waals surface area contributed by atoms with Gasteiger partial charge in [0.25, 0.3) is 0 Å². The first-order valence-corrected chi connectivity index (χ1v) is 5.58. The van der Waals surface area contributed by atoms with Crippen LogP contribution in [0.25, 0.3) is 0 Å². The first kappa shape index (κ1) is 12.7. The van der Waals surface area contributed by atoms with E-state index < -0.39 is 0 Å². The molecule has 1 amide bonds. The number of halogens is 1. The van der Waals surface area contributed by atoms with Gasteiger partial charge in [-0.1, -0.05) is 0 Å². The van der Waals surface area contributed by atoms with E-state index in [-0.39, 0.29) is 18.5 Å². The molecule has 1 heterocycles. The third-order valence-electron chi connectivity index (χ3n) is 2.07. The quantitative estimate of drug-likeness (QED) is 0.633. The molecule has 1 N–H and O–H groups in total. The van der Waals surface area contributed by atoms with Crippen LogP contribution in [0.15, 0.2) is 0 Å². The standard InChI is InChI=1S/C9H17ClN2O3/c10-7-9(13)12-3-6-14-4-1-11-2-5-15-8-12/h11H,1-8H2. The zero-order valence-corrected chi connectivity index (χ0v) is 9.46. The topological polar surface area (TPSA) is 50.8 Å².